The van der Waals surface area contributed by atoms with Gasteiger partial charge in [-0.1, -0.05) is 0 Å². The summed E-state index contributed by atoms with van der Waals surface area (Å²) in [4.78, 5) is 66.1. The number of carbonyl (C=O) groups excluding carboxylic acids is 2. The van der Waals surface area contributed by atoms with E-state index in [9.17, 15) is 63.6 Å². The first-order chi connectivity index (χ1) is 18.0. The molecule has 0 spiro atoms. The second-order valence-corrected chi connectivity index (χ2v) is 11.0. The van der Waals surface area contributed by atoms with Crippen molar-refractivity contribution in [1.29, 1.82) is 0 Å². The van der Waals surface area contributed by atoms with Crippen LogP contribution in [0.3, 0.4) is 0 Å². The first-order valence-electron chi connectivity index (χ1n) is 10.7. The molecule has 9 atom stereocenters. The number of hydrogen-bond donors (Lipinski definition) is 9. The number of aliphatic hydroxyl groups is 5. The molecule has 1 amide bonds. The Morgan fingerprint density at radius 1 is 1.25 bits per heavy atom. The van der Waals surface area contributed by atoms with E-state index in [1.54, 1.807) is 0 Å². The Bertz CT molecular complexity index is 1220. The second kappa shape index (κ2) is 15.4. The summed E-state index contributed by atoms with van der Waals surface area (Å²) in [5.74, 6) is -0.851. The van der Waals surface area contributed by atoms with Crippen molar-refractivity contribution in [2.24, 2.45) is 0 Å². The summed E-state index contributed by atoms with van der Waals surface area (Å²) in [6, 6.07) is -0.946. The molecule has 23 heteroatoms. The number of aldehydes is 1. The number of aliphatic hydroxyl groups excluding tert-OH is 5. The van der Waals surface area contributed by atoms with Gasteiger partial charge in [0.05, 0.1) is 13.2 Å². The van der Waals surface area contributed by atoms with Gasteiger partial charge in [-0.05, 0) is 0 Å². The van der Waals surface area contributed by atoms with E-state index < -0.39 is 94.9 Å². The van der Waals surface area contributed by atoms with Crippen molar-refractivity contribution in [3.05, 3.63) is 33.1 Å². The minimum absolute atomic E-state index is 0. The number of nitrogens with zero attached hydrogens (tertiary/aromatic N) is 1. The fourth-order valence-electron chi connectivity index (χ4n) is 3.34. The van der Waals surface area contributed by atoms with Crippen molar-refractivity contribution in [1.82, 2.24) is 14.9 Å². The number of aromatic amines is 1. The van der Waals surface area contributed by atoms with Gasteiger partial charge in [0.15, 0.2) is 6.23 Å². The number of H-pyrrole nitrogens is 1. The summed E-state index contributed by atoms with van der Waals surface area (Å²) in [7, 11) is -11.4. The number of hydrogen-bond acceptors (Lipinski definition) is 15. The van der Waals surface area contributed by atoms with Gasteiger partial charge in [0.25, 0.3) is 5.56 Å². The van der Waals surface area contributed by atoms with Crippen molar-refractivity contribution in [2.75, 3.05) is 13.2 Å². The van der Waals surface area contributed by atoms with Crippen LogP contribution in [0, 0.1) is 0 Å². The number of ether oxygens (including phenoxy) is 1. The monoisotopic (exact) mass is 631 g/mol. The normalized spacial score (nSPS) is 25.6. The van der Waals surface area contributed by atoms with Gasteiger partial charge in [-0.2, -0.15) is 4.31 Å². The van der Waals surface area contributed by atoms with Gasteiger partial charge < -0.3 is 50.2 Å². The van der Waals surface area contributed by atoms with Gasteiger partial charge in [0.1, 0.15) is 49.0 Å². The Balaban J connectivity index is 0.00000800. The molecule has 1 aromatic heterocycles. The van der Waals surface area contributed by atoms with E-state index in [-0.39, 0.29) is 35.8 Å². The van der Waals surface area contributed by atoms with Crippen molar-refractivity contribution in [3.63, 3.8) is 0 Å². The molecule has 1 fully saturated rings. The molecule has 0 bridgehead atoms. The molecule has 0 aromatic carbocycles. The molecule has 40 heavy (non-hydrogen) atoms. The Morgan fingerprint density at radius 3 is 2.38 bits per heavy atom. The molecule has 1 aromatic rings. The van der Waals surface area contributed by atoms with E-state index in [4.69, 9.17) is 13.8 Å². The number of carbonyl (C=O) groups is 2. The molecule has 224 valence electrons. The molecule has 0 saturated carbocycles. The van der Waals surface area contributed by atoms with Crippen molar-refractivity contribution in [3.8, 4) is 0 Å². The molecule has 9 N–H and O–H groups in total. The van der Waals surface area contributed by atoms with Crippen LogP contribution in [0.4, 0.5) is 0 Å². The summed E-state index contributed by atoms with van der Waals surface area (Å²) in [6.07, 6.45) is -13.0. The molecule has 20 nitrogen and oxygen atoms in total. The first kappa shape index (κ1) is 36.9. The third-order valence-corrected chi connectivity index (χ3v) is 7.72. The number of phosphoric acid groups is 2. The van der Waals surface area contributed by atoms with E-state index in [0.29, 0.717) is 4.57 Å². The summed E-state index contributed by atoms with van der Waals surface area (Å²) in [5, 5.41) is 52.3. The molecular formula is C17H28N3NaO17P2. The van der Waals surface area contributed by atoms with E-state index in [2.05, 4.69) is 4.31 Å². The number of amides is 1. The summed E-state index contributed by atoms with van der Waals surface area (Å²) < 4.78 is 44.3. The van der Waals surface area contributed by atoms with Gasteiger partial charge in [-0.15, -0.1) is 0 Å². The quantitative estimate of drug-likeness (QED) is 0.0525. The van der Waals surface area contributed by atoms with Crippen LogP contribution < -0.4 is 16.6 Å². The van der Waals surface area contributed by atoms with E-state index in [1.807, 2.05) is 10.3 Å². The Labute approximate surface area is 246 Å². The van der Waals surface area contributed by atoms with Gasteiger partial charge in [-0.3, -0.25) is 28.2 Å². The fourth-order valence-corrected chi connectivity index (χ4v) is 5.68. The van der Waals surface area contributed by atoms with Gasteiger partial charge in [-0.25, -0.2) is 13.9 Å². The Morgan fingerprint density at radius 2 is 1.88 bits per heavy atom. The van der Waals surface area contributed by atoms with Crippen LogP contribution in [0.2, 0.25) is 0 Å². The Kier molecular flexibility index (Phi) is 14.1. The standard InChI is InChI=1S/C17H27N3O17P2.Na.H/c1-7(23)18-8(4-21)12(26)15(9(24)5-22)36-39(33,37-38(30,31)32)34-6-10-13(27)14(28)16(35-10)20-3-2-11(25)19-17(20)29;;/h2-4,8-10,12-16,22,24,26-28H,5-6H2,1H3,(H,18,23)(H,19,25,29)(H2,30,31,32);;/t8-,9+,10+,12+,13+,14+,15+,16+,39?;;/m0../s1. The molecule has 1 saturated heterocycles. The van der Waals surface area contributed by atoms with Crippen molar-refractivity contribution in [2.45, 2.75) is 55.8 Å². The third-order valence-electron chi connectivity index (χ3n) is 5.10. The average molecular weight is 631 g/mol. The van der Waals surface area contributed by atoms with E-state index >= 15 is 0 Å². The zero-order valence-electron chi connectivity index (χ0n) is 19.8. The summed E-state index contributed by atoms with van der Waals surface area (Å²) in [5.41, 5.74) is -1.83. The predicted molar refractivity (Wildman–Crippen MR) is 129 cm³/mol. The summed E-state index contributed by atoms with van der Waals surface area (Å²) in [6.45, 7) is -1.41. The molecule has 0 aliphatic carbocycles. The molecule has 1 aliphatic rings. The van der Waals surface area contributed by atoms with Gasteiger partial charge in [0.2, 0.25) is 5.91 Å². The van der Waals surface area contributed by atoms with Crippen LogP contribution in [0.25, 0.3) is 0 Å². The van der Waals surface area contributed by atoms with Crippen LogP contribution in [0.15, 0.2) is 21.9 Å². The van der Waals surface area contributed by atoms with Crippen LogP contribution in [0.5, 0.6) is 0 Å². The average Bonchev–Trinajstić information content (AvgIpc) is 3.11. The number of phosphoric ester groups is 1. The molecule has 2 heterocycles. The number of rotatable bonds is 14. The number of aromatic nitrogens is 2. The van der Waals surface area contributed by atoms with Crippen LogP contribution >= 0.6 is 15.6 Å². The van der Waals surface area contributed by atoms with Crippen LogP contribution in [-0.4, -0.2) is 143 Å². The summed E-state index contributed by atoms with van der Waals surface area (Å²) >= 11 is 0. The Hall–Kier alpha value is -1.16. The molecular weight excluding hydrogens is 603 g/mol. The fraction of sp³-hybridized carbons (Fsp3) is 0.647. The molecule has 1 unspecified atom stereocenters. The topological polar surface area (TPSA) is 314 Å². The zero-order valence-corrected chi connectivity index (χ0v) is 21.6. The minimum atomic E-state index is -5.74. The molecule has 1 aliphatic heterocycles. The van der Waals surface area contributed by atoms with Crippen molar-refractivity contribution < 1.29 is 72.1 Å². The van der Waals surface area contributed by atoms with Gasteiger partial charge >= 0.3 is 50.9 Å². The maximum absolute atomic E-state index is 13.2. The SMILES string of the molecule is CC(=O)N[C@@H](C=O)[C@@H](O)[C@H](OP(=O)(OC[C@H]1O[C@@H](n2ccc(=O)[nH]c2=O)[C@H](O)[C@@H]1O)OP(=O)(O)O)[C@H](O)CO.[NaH]. The van der Waals surface area contributed by atoms with Crippen LogP contribution in [-0.2, 0) is 36.8 Å². The predicted octanol–water partition coefficient (Wildman–Crippen LogP) is -5.46. The van der Waals surface area contributed by atoms with E-state index in [0.717, 1.165) is 19.2 Å². The number of nitrogens with one attached hydrogen (secondary N) is 2. The zero-order chi connectivity index (χ0) is 29.7. The van der Waals surface area contributed by atoms with Crippen LogP contribution in [0.1, 0.15) is 13.2 Å². The first-order valence-corrected chi connectivity index (χ1v) is 13.7. The van der Waals surface area contributed by atoms with Gasteiger partial charge in [0, 0.05) is 19.2 Å². The molecule has 2 rings (SSSR count). The van der Waals surface area contributed by atoms with E-state index in [1.165, 1.54) is 0 Å². The second-order valence-electron chi connectivity index (χ2n) is 8.05. The third kappa shape index (κ3) is 9.99. The maximum atomic E-state index is 13.2. The molecule has 0 radical (unpaired) electrons. The van der Waals surface area contributed by atoms with Crippen molar-refractivity contribution >= 4 is 57.4 Å².